The maximum absolute atomic E-state index is 13.3. The Morgan fingerprint density at radius 3 is 0.717 bits per heavy atom. The Hall–Kier alpha value is -6.93. The molecule has 0 aromatic rings. The Labute approximate surface area is 346 Å². The van der Waals surface area contributed by atoms with Gasteiger partial charge in [-0.05, 0) is 20.8 Å². The van der Waals surface area contributed by atoms with Crippen molar-refractivity contribution in [3.63, 3.8) is 0 Å². The van der Waals surface area contributed by atoms with Gasteiger partial charge in [0.05, 0.1) is 0 Å². The van der Waals surface area contributed by atoms with Gasteiger partial charge in [0, 0.05) is 55.7 Å². The third-order valence-corrected chi connectivity index (χ3v) is 7.81. The van der Waals surface area contributed by atoms with E-state index in [-0.39, 0.29) is 19.3 Å². The average Bonchev–Trinajstić information content (AvgIpc) is 3.20. The van der Waals surface area contributed by atoms with Crippen LogP contribution in [0.3, 0.4) is 0 Å². The molecule has 0 saturated heterocycles. The number of hydrogen-bond donors (Lipinski definition) is 3. The molecular formula is C39H51N3O18. The first-order valence-corrected chi connectivity index (χ1v) is 17.9. The lowest BCUT2D eigenvalue weighted by Gasteiger charge is -2.36. The quantitative estimate of drug-likeness (QED) is 0.0713. The van der Waals surface area contributed by atoms with Gasteiger partial charge in [-0.25, -0.2) is 43.2 Å². The fraction of sp³-hybridized carbons (Fsp3) is 0.462. The van der Waals surface area contributed by atoms with Crippen LogP contribution in [0.25, 0.3) is 0 Å². The minimum atomic E-state index is -1.56. The Balaban J connectivity index is 3.39. The van der Waals surface area contributed by atoms with Gasteiger partial charge in [0.2, 0.25) is 0 Å². The van der Waals surface area contributed by atoms with Crippen molar-refractivity contribution in [1.82, 2.24) is 16.0 Å². The van der Waals surface area contributed by atoms with Crippen molar-refractivity contribution < 1.29 is 85.8 Å². The molecule has 1 aliphatic rings. The number of alkyl carbamates (subject to hydrolysis) is 3. The molecule has 0 bridgehead atoms. The molecule has 330 valence electrons. The molecule has 1 aliphatic carbocycles. The molecular weight excluding hydrogens is 798 g/mol. The van der Waals surface area contributed by atoms with Crippen LogP contribution >= 0.6 is 0 Å². The summed E-state index contributed by atoms with van der Waals surface area (Å²) in [7, 11) is 0. The van der Waals surface area contributed by atoms with Crippen LogP contribution in [-0.4, -0.2) is 129 Å². The molecule has 1 saturated carbocycles. The molecule has 21 heteroatoms. The molecule has 60 heavy (non-hydrogen) atoms. The molecule has 1 rings (SSSR count). The monoisotopic (exact) mass is 849 g/mol. The van der Waals surface area contributed by atoms with Crippen LogP contribution in [0.1, 0.15) is 40.0 Å². The maximum Gasteiger partial charge on any atom is 0.408 e. The third kappa shape index (κ3) is 20.0. The lowest BCUT2D eigenvalue weighted by atomic mass is 9.92. The molecule has 0 aromatic heterocycles. The highest BCUT2D eigenvalue weighted by molar-refractivity contribution is 5.83. The van der Waals surface area contributed by atoms with Crippen molar-refractivity contribution >= 4 is 54.1 Å². The molecule has 3 amide bonds. The zero-order valence-electron chi connectivity index (χ0n) is 33.7. The van der Waals surface area contributed by atoms with Crippen LogP contribution in [0, 0.1) is 0 Å². The molecule has 21 nitrogen and oxygen atoms in total. The first-order chi connectivity index (χ1) is 28.1. The predicted molar refractivity (Wildman–Crippen MR) is 206 cm³/mol. The Kier molecular flexibility index (Phi) is 21.1. The minimum absolute atomic E-state index is 0.184. The third-order valence-electron chi connectivity index (χ3n) is 7.81. The van der Waals surface area contributed by atoms with E-state index in [4.69, 9.17) is 42.6 Å². The molecule has 1 fully saturated rings. The second-order valence-corrected chi connectivity index (χ2v) is 13.7. The minimum Gasteiger partial charge on any atom is -0.460 e. The lowest BCUT2D eigenvalue weighted by Crippen LogP contribution is -2.56. The van der Waals surface area contributed by atoms with Gasteiger partial charge >= 0.3 is 54.1 Å². The number of nitrogens with one attached hydrogen (secondary N) is 3. The fourth-order valence-electron chi connectivity index (χ4n) is 4.82. The maximum atomic E-state index is 13.3. The molecule has 0 aromatic carbocycles. The van der Waals surface area contributed by atoms with Crippen molar-refractivity contribution in [3.8, 4) is 0 Å². The largest absolute Gasteiger partial charge is 0.460 e. The Bertz CT molecular complexity index is 1400. The van der Waals surface area contributed by atoms with Crippen LogP contribution in [0.4, 0.5) is 14.4 Å². The summed E-state index contributed by atoms with van der Waals surface area (Å²) in [6, 6.07) is 0. The van der Waals surface area contributed by atoms with Gasteiger partial charge < -0.3 is 58.6 Å². The van der Waals surface area contributed by atoms with E-state index in [1.54, 1.807) is 0 Å². The summed E-state index contributed by atoms with van der Waals surface area (Å²) in [5.74, 6) is -5.09. The van der Waals surface area contributed by atoms with Crippen LogP contribution < -0.4 is 16.0 Å². The summed E-state index contributed by atoms with van der Waals surface area (Å²) >= 11 is 0. The number of esters is 6. The van der Waals surface area contributed by atoms with Gasteiger partial charge in [-0.15, -0.1) is 0 Å². The number of ether oxygens (including phenoxy) is 9. The smallest absolute Gasteiger partial charge is 0.408 e. The van der Waals surface area contributed by atoms with E-state index < -0.39 is 129 Å². The predicted octanol–water partition coefficient (Wildman–Crippen LogP) is 2.11. The van der Waals surface area contributed by atoms with Crippen molar-refractivity contribution in [3.05, 3.63) is 75.9 Å². The summed E-state index contributed by atoms with van der Waals surface area (Å²) in [5.41, 5.74) is -4.67. The second kappa shape index (κ2) is 24.8. The first kappa shape index (κ1) is 51.1. The molecule has 0 unspecified atom stereocenters. The molecule has 0 atom stereocenters. The highest BCUT2D eigenvalue weighted by atomic mass is 16.6. The first-order valence-electron chi connectivity index (χ1n) is 17.9. The summed E-state index contributed by atoms with van der Waals surface area (Å²) < 4.78 is 47.2. The highest BCUT2D eigenvalue weighted by Crippen LogP contribution is 2.28. The van der Waals surface area contributed by atoms with Crippen LogP contribution in [0.5, 0.6) is 0 Å². The number of carbonyl (C=O) groups is 9. The topological polar surface area (TPSA) is 273 Å². The van der Waals surface area contributed by atoms with Gasteiger partial charge in [-0.1, -0.05) is 39.5 Å². The molecule has 3 N–H and O–H groups in total. The molecule has 0 aliphatic heterocycles. The van der Waals surface area contributed by atoms with Crippen LogP contribution in [0.15, 0.2) is 75.9 Å². The summed E-state index contributed by atoms with van der Waals surface area (Å²) in [4.78, 5) is 111. The van der Waals surface area contributed by atoms with E-state index in [1.807, 2.05) is 0 Å². The van der Waals surface area contributed by atoms with Gasteiger partial charge in [-0.2, -0.15) is 0 Å². The van der Waals surface area contributed by atoms with Gasteiger partial charge in [-0.3, -0.25) is 0 Å². The normalized spacial score (nSPS) is 15.9. The van der Waals surface area contributed by atoms with E-state index in [2.05, 4.69) is 55.4 Å². The van der Waals surface area contributed by atoms with Crippen molar-refractivity contribution in [2.45, 2.75) is 75.0 Å². The van der Waals surface area contributed by atoms with E-state index in [0.29, 0.717) is 0 Å². The Morgan fingerprint density at radius 1 is 0.400 bits per heavy atom. The number of amides is 3. The summed E-state index contributed by atoms with van der Waals surface area (Å²) in [5, 5.41) is 7.40. The summed E-state index contributed by atoms with van der Waals surface area (Å²) in [6.07, 6.45) is -2.17. The van der Waals surface area contributed by atoms with Crippen LogP contribution in [0.2, 0.25) is 0 Å². The second-order valence-electron chi connectivity index (χ2n) is 13.7. The van der Waals surface area contributed by atoms with Crippen molar-refractivity contribution in [1.29, 1.82) is 0 Å². The molecule has 0 radical (unpaired) electrons. The van der Waals surface area contributed by atoms with Crippen LogP contribution in [-0.2, 0) is 71.4 Å². The zero-order valence-corrected chi connectivity index (χ0v) is 33.7. The van der Waals surface area contributed by atoms with E-state index in [1.165, 1.54) is 20.8 Å². The zero-order chi connectivity index (χ0) is 45.5. The lowest BCUT2D eigenvalue weighted by molar-refractivity contribution is -0.146. The van der Waals surface area contributed by atoms with Gasteiger partial charge in [0.15, 0.2) is 0 Å². The van der Waals surface area contributed by atoms with Gasteiger partial charge in [0.25, 0.3) is 0 Å². The van der Waals surface area contributed by atoms with Crippen molar-refractivity contribution in [2.24, 2.45) is 0 Å². The standard InChI is InChI=1S/C39H51N3O18/c1-10-28(43)52-19-37(7,20-53-29(44)11-2)40-34(49)58-25-16-26(59-35(50)41-38(8,21-54-30(45)12-3)22-55-31(46)13-4)18-27(17-25)60-36(51)42-39(9,23-56-32(47)14-5)24-57-33(48)15-6/h10-15,25-27H,1-6,16-24H2,7-9H3,(H,40,49)(H,41,50)(H,42,51). The van der Waals surface area contributed by atoms with E-state index in [9.17, 15) is 43.2 Å². The fourth-order valence-corrected chi connectivity index (χ4v) is 4.82. The molecule has 0 spiro atoms. The molecule has 0 heterocycles. The van der Waals surface area contributed by atoms with E-state index >= 15 is 0 Å². The number of hydrogen-bond acceptors (Lipinski definition) is 18. The van der Waals surface area contributed by atoms with Crippen molar-refractivity contribution in [2.75, 3.05) is 39.6 Å². The highest BCUT2D eigenvalue weighted by Gasteiger charge is 2.40. The Morgan fingerprint density at radius 2 is 0.567 bits per heavy atom. The average molecular weight is 850 g/mol. The summed E-state index contributed by atoms with van der Waals surface area (Å²) in [6.45, 7) is 20.9. The van der Waals surface area contributed by atoms with E-state index in [0.717, 1.165) is 36.5 Å². The van der Waals surface area contributed by atoms with Gasteiger partial charge in [0.1, 0.15) is 74.6 Å². The SMILES string of the molecule is C=CC(=O)OCC(C)(COC(=O)C=C)NC(=O)OC1CC(OC(=O)NC(C)(COC(=O)C=C)COC(=O)C=C)CC(OC(=O)NC(C)(COC(=O)C=C)COC(=O)C=C)C1. The number of rotatable bonds is 24. The number of carbonyl (C=O) groups excluding carboxylic acids is 9.